The topological polar surface area (TPSA) is 119 Å². The summed E-state index contributed by atoms with van der Waals surface area (Å²) in [5.41, 5.74) is 0. The fourth-order valence-corrected chi connectivity index (χ4v) is 1.49. The summed E-state index contributed by atoms with van der Waals surface area (Å²) in [7, 11) is 0. The molecule has 0 saturated carbocycles. The standard InChI is InChI=1S/C8H15NO6/c1-3(11)9-5-7(13)6(12)4(2-10)15-8(5)14/h4-8,10,12-14H,2H2,1H3,(H,9,11)/t4-,5-,6+,7-,8?/m1/s1/i8+1. The maximum Gasteiger partial charge on any atom is 0.217 e. The normalized spacial score (nSPS) is 41.3. The van der Waals surface area contributed by atoms with E-state index < -0.39 is 43.2 Å². The molecule has 7 nitrogen and oxygen atoms in total. The number of aliphatic hydroxyl groups is 4. The van der Waals surface area contributed by atoms with Crippen molar-refractivity contribution in [2.24, 2.45) is 0 Å². The summed E-state index contributed by atoms with van der Waals surface area (Å²) in [4.78, 5) is 10.7. The second-order valence-electron chi connectivity index (χ2n) is 3.46. The Kier molecular flexibility index (Phi) is 4.00. The first-order valence-corrected chi connectivity index (χ1v) is 4.55. The molecule has 0 spiro atoms. The van der Waals surface area contributed by atoms with E-state index in [2.05, 4.69) is 5.32 Å². The molecule has 1 saturated heterocycles. The van der Waals surface area contributed by atoms with E-state index >= 15 is 0 Å². The van der Waals surface area contributed by atoms with Gasteiger partial charge >= 0.3 is 0 Å². The van der Waals surface area contributed by atoms with Gasteiger partial charge in [0.15, 0.2) is 6.29 Å². The molecule has 88 valence electrons. The minimum absolute atomic E-state index is 0.462. The van der Waals surface area contributed by atoms with Crippen LogP contribution in [0.2, 0.25) is 0 Å². The van der Waals surface area contributed by atoms with Crippen LogP contribution in [-0.4, -0.2) is 63.6 Å². The maximum atomic E-state index is 10.7. The summed E-state index contributed by atoms with van der Waals surface area (Å²) >= 11 is 0. The highest BCUT2D eigenvalue weighted by molar-refractivity contribution is 5.73. The molecule has 5 atom stereocenters. The molecule has 0 radical (unpaired) electrons. The van der Waals surface area contributed by atoms with Gasteiger partial charge < -0.3 is 30.5 Å². The van der Waals surface area contributed by atoms with E-state index in [-0.39, 0.29) is 0 Å². The molecule has 0 aromatic carbocycles. The van der Waals surface area contributed by atoms with Crippen molar-refractivity contribution in [2.45, 2.75) is 37.6 Å². The van der Waals surface area contributed by atoms with Gasteiger partial charge in [0.25, 0.3) is 0 Å². The third kappa shape index (κ3) is 2.64. The van der Waals surface area contributed by atoms with E-state index in [1.807, 2.05) is 0 Å². The Morgan fingerprint density at radius 2 is 1.93 bits per heavy atom. The second-order valence-corrected chi connectivity index (χ2v) is 3.46. The molecule has 0 bridgehead atoms. The number of aliphatic hydroxyl groups excluding tert-OH is 4. The lowest BCUT2D eigenvalue weighted by molar-refractivity contribution is -0.253. The second kappa shape index (κ2) is 4.86. The maximum absolute atomic E-state index is 10.7. The summed E-state index contributed by atoms with van der Waals surface area (Å²) in [5.74, 6) is -0.462. The first kappa shape index (κ1) is 12.3. The van der Waals surface area contributed by atoms with Crippen molar-refractivity contribution in [3.05, 3.63) is 0 Å². The van der Waals surface area contributed by atoms with Crippen LogP contribution in [0.25, 0.3) is 0 Å². The van der Waals surface area contributed by atoms with Crippen LogP contribution < -0.4 is 5.32 Å². The largest absolute Gasteiger partial charge is 0.394 e. The summed E-state index contributed by atoms with van der Waals surface area (Å²) in [6.45, 7) is 0.687. The lowest BCUT2D eigenvalue weighted by atomic mass is 10.0. The van der Waals surface area contributed by atoms with Crippen molar-refractivity contribution < 1.29 is 30.0 Å². The molecule has 1 heterocycles. The average Bonchev–Trinajstić information content (AvgIpc) is 2.18. The molecule has 7 heteroatoms. The quantitative estimate of drug-likeness (QED) is 0.316. The van der Waals surface area contributed by atoms with Crippen molar-refractivity contribution >= 4 is 5.91 Å². The Labute approximate surface area is 86.3 Å². The fourth-order valence-electron chi connectivity index (χ4n) is 1.49. The van der Waals surface area contributed by atoms with Crippen LogP contribution in [0.3, 0.4) is 0 Å². The molecule has 1 aliphatic rings. The molecule has 1 fully saturated rings. The summed E-state index contributed by atoms with van der Waals surface area (Å²) < 4.78 is 4.81. The zero-order valence-electron chi connectivity index (χ0n) is 8.20. The van der Waals surface area contributed by atoms with Crippen LogP contribution in [-0.2, 0) is 9.53 Å². The number of rotatable bonds is 2. The predicted octanol–water partition coefficient (Wildman–Crippen LogP) is -3.08. The monoisotopic (exact) mass is 222 g/mol. The van der Waals surface area contributed by atoms with Crippen LogP contribution in [0, 0.1) is 0 Å². The highest BCUT2D eigenvalue weighted by Crippen LogP contribution is 2.19. The van der Waals surface area contributed by atoms with Crippen molar-refractivity contribution in [3.8, 4) is 0 Å². The summed E-state index contributed by atoms with van der Waals surface area (Å²) in [5, 5.41) is 39.4. The van der Waals surface area contributed by atoms with E-state index in [0.29, 0.717) is 0 Å². The molecular weight excluding hydrogens is 207 g/mol. The SMILES string of the molecule is CC(=O)N[C@@H]1[C@@H](O)[C@@H](O)[C@@H](CO)O[13CH]1O. The van der Waals surface area contributed by atoms with Gasteiger partial charge in [-0.15, -0.1) is 0 Å². The van der Waals surface area contributed by atoms with E-state index in [0.717, 1.165) is 0 Å². The summed E-state index contributed by atoms with van der Waals surface area (Å²) in [6.07, 6.45) is -5.24. The lowest BCUT2D eigenvalue weighted by Gasteiger charge is -2.40. The van der Waals surface area contributed by atoms with Gasteiger partial charge in [-0.1, -0.05) is 0 Å². The minimum Gasteiger partial charge on any atom is -0.394 e. The number of hydrogen-bond acceptors (Lipinski definition) is 6. The predicted molar refractivity (Wildman–Crippen MR) is 47.6 cm³/mol. The van der Waals surface area contributed by atoms with E-state index in [1.165, 1.54) is 6.92 Å². The number of carbonyl (C=O) groups excluding carboxylic acids is 1. The van der Waals surface area contributed by atoms with Gasteiger partial charge in [-0.25, -0.2) is 0 Å². The summed E-state index contributed by atoms with van der Waals surface area (Å²) in [6, 6.07) is -1.10. The Hall–Kier alpha value is -0.730. The third-order valence-electron chi connectivity index (χ3n) is 2.27. The molecule has 1 aliphatic heterocycles. The molecule has 0 aliphatic carbocycles. The zero-order chi connectivity index (χ0) is 11.6. The fraction of sp³-hybridized carbons (Fsp3) is 0.875. The molecule has 1 rings (SSSR count). The van der Waals surface area contributed by atoms with Crippen molar-refractivity contribution in [1.29, 1.82) is 0 Å². The molecular formula is C8H15NO6. The van der Waals surface area contributed by atoms with Crippen molar-refractivity contribution in [1.82, 2.24) is 5.32 Å². The van der Waals surface area contributed by atoms with Gasteiger partial charge in [0, 0.05) is 6.92 Å². The molecule has 15 heavy (non-hydrogen) atoms. The highest BCUT2D eigenvalue weighted by atomic mass is 16.7. The Morgan fingerprint density at radius 3 is 2.40 bits per heavy atom. The van der Waals surface area contributed by atoms with Gasteiger partial charge in [0.1, 0.15) is 24.4 Å². The van der Waals surface area contributed by atoms with Crippen molar-refractivity contribution in [2.75, 3.05) is 6.61 Å². The van der Waals surface area contributed by atoms with Crippen LogP contribution in [0.15, 0.2) is 0 Å². The molecule has 0 aromatic heterocycles. The van der Waals surface area contributed by atoms with Gasteiger partial charge in [0.2, 0.25) is 5.91 Å². The van der Waals surface area contributed by atoms with Gasteiger partial charge in [-0.3, -0.25) is 4.79 Å². The third-order valence-corrected chi connectivity index (χ3v) is 2.27. The van der Waals surface area contributed by atoms with Crippen molar-refractivity contribution in [3.63, 3.8) is 0 Å². The lowest BCUT2D eigenvalue weighted by Crippen LogP contribution is -2.63. The van der Waals surface area contributed by atoms with E-state index in [9.17, 15) is 20.1 Å². The smallest absolute Gasteiger partial charge is 0.217 e. The molecule has 1 unspecified atom stereocenters. The molecule has 0 aromatic rings. The first-order chi connectivity index (χ1) is 6.97. The average molecular weight is 222 g/mol. The molecule has 1 amide bonds. The molecule has 5 N–H and O–H groups in total. The highest BCUT2D eigenvalue weighted by Gasteiger charge is 2.43. The number of nitrogens with one attached hydrogen (secondary N) is 1. The zero-order valence-corrected chi connectivity index (χ0v) is 8.20. The van der Waals surface area contributed by atoms with Gasteiger partial charge in [-0.05, 0) is 0 Å². The number of carbonyl (C=O) groups is 1. The van der Waals surface area contributed by atoms with Gasteiger partial charge in [0.05, 0.1) is 6.61 Å². The van der Waals surface area contributed by atoms with Crippen LogP contribution in [0.5, 0.6) is 0 Å². The van der Waals surface area contributed by atoms with E-state index in [1.54, 1.807) is 0 Å². The minimum atomic E-state index is -1.45. The number of ether oxygens (including phenoxy) is 1. The van der Waals surface area contributed by atoms with Crippen LogP contribution >= 0.6 is 0 Å². The van der Waals surface area contributed by atoms with Crippen LogP contribution in [0.4, 0.5) is 0 Å². The van der Waals surface area contributed by atoms with Crippen LogP contribution in [0.1, 0.15) is 6.92 Å². The number of hydrogen-bond donors (Lipinski definition) is 5. The first-order valence-electron chi connectivity index (χ1n) is 4.55. The van der Waals surface area contributed by atoms with E-state index in [4.69, 9.17) is 9.84 Å². The number of amides is 1. The van der Waals surface area contributed by atoms with Gasteiger partial charge in [-0.2, -0.15) is 0 Å². The Balaban J connectivity index is 2.70. The Bertz CT molecular complexity index is 235. The Morgan fingerprint density at radius 1 is 1.33 bits per heavy atom.